The normalized spacial score (nSPS) is 13.1. The minimum absolute atomic E-state index is 0. The SMILES string of the molecule is COCC(C)NC(N)=NCCCCSC.I. The lowest BCUT2D eigenvalue weighted by Gasteiger charge is -2.12. The van der Waals surface area contributed by atoms with Gasteiger partial charge in [0, 0.05) is 19.7 Å². The summed E-state index contributed by atoms with van der Waals surface area (Å²) < 4.78 is 4.99. The first kappa shape index (κ1) is 18.7. The average Bonchev–Trinajstić information content (AvgIpc) is 2.17. The molecule has 4 nitrogen and oxygen atoms in total. The molecule has 0 aliphatic carbocycles. The Kier molecular flexibility index (Phi) is 15.6. The van der Waals surface area contributed by atoms with Crippen molar-refractivity contribution in [3.8, 4) is 0 Å². The molecule has 1 unspecified atom stereocenters. The van der Waals surface area contributed by atoms with Crippen LogP contribution in [-0.4, -0.2) is 44.3 Å². The number of hydrogen-bond donors (Lipinski definition) is 2. The van der Waals surface area contributed by atoms with Crippen LogP contribution in [0.3, 0.4) is 0 Å². The maximum atomic E-state index is 5.70. The van der Waals surface area contributed by atoms with Crippen molar-refractivity contribution in [2.75, 3.05) is 32.3 Å². The second kappa shape index (κ2) is 13.4. The van der Waals surface area contributed by atoms with Crippen LogP contribution in [-0.2, 0) is 4.74 Å². The van der Waals surface area contributed by atoms with Crippen LogP contribution in [0.1, 0.15) is 19.8 Å². The Hall–Kier alpha value is 0.310. The van der Waals surface area contributed by atoms with Gasteiger partial charge in [-0.3, -0.25) is 4.99 Å². The topological polar surface area (TPSA) is 59.6 Å². The number of aliphatic imine (C=N–C) groups is 1. The number of nitrogens with one attached hydrogen (secondary N) is 1. The summed E-state index contributed by atoms with van der Waals surface area (Å²) in [5.41, 5.74) is 5.70. The monoisotopic (exact) mass is 361 g/mol. The van der Waals surface area contributed by atoms with Crippen LogP contribution in [0.25, 0.3) is 0 Å². The lowest BCUT2D eigenvalue weighted by Crippen LogP contribution is -2.40. The lowest BCUT2D eigenvalue weighted by atomic mass is 10.3. The van der Waals surface area contributed by atoms with Crippen LogP contribution in [0.2, 0.25) is 0 Å². The molecule has 0 radical (unpaired) electrons. The third kappa shape index (κ3) is 12.4. The predicted molar refractivity (Wildman–Crippen MR) is 84.0 cm³/mol. The molecule has 3 N–H and O–H groups in total. The van der Waals surface area contributed by atoms with Crippen molar-refractivity contribution in [3.63, 3.8) is 0 Å². The highest BCUT2D eigenvalue weighted by Crippen LogP contribution is 1.98. The van der Waals surface area contributed by atoms with E-state index in [2.05, 4.69) is 16.6 Å². The molecule has 0 aromatic carbocycles. The first-order chi connectivity index (χ1) is 7.20. The highest BCUT2D eigenvalue weighted by molar-refractivity contribution is 14.0. The zero-order valence-electron chi connectivity index (χ0n) is 10.4. The fourth-order valence-corrected chi connectivity index (χ4v) is 1.64. The molecule has 0 saturated carbocycles. The minimum Gasteiger partial charge on any atom is -0.383 e. The van der Waals surface area contributed by atoms with E-state index in [0.717, 1.165) is 13.0 Å². The standard InChI is InChI=1S/C10H23N3OS.HI/c1-9(8-14-2)13-10(11)12-6-4-5-7-15-3;/h9H,4-8H2,1-3H3,(H3,11,12,13);1H. The lowest BCUT2D eigenvalue weighted by molar-refractivity contribution is 0.179. The van der Waals surface area contributed by atoms with E-state index in [1.54, 1.807) is 7.11 Å². The number of methoxy groups -OCH3 is 1. The summed E-state index contributed by atoms with van der Waals surface area (Å²) in [6.45, 7) is 3.46. The van der Waals surface area contributed by atoms with Crippen LogP contribution in [0.5, 0.6) is 0 Å². The van der Waals surface area contributed by atoms with Crippen LogP contribution in [0.4, 0.5) is 0 Å². The number of rotatable bonds is 8. The van der Waals surface area contributed by atoms with Gasteiger partial charge >= 0.3 is 0 Å². The van der Waals surface area contributed by atoms with Crippen LogP contribution >= 0.6 is 35.7 Å². The molecule has 0 amide bonds. The Morgan fingerprint density at radius 1 is 1.50 bits per heavy atom. The van der Waals surface area contributed by atoms with Gasteiger partial charge in [0.15, 0.2) is 5.96 Å². The van der Waals surface area contributed by atoms with Crippen molar-refractivity contribution in [1.29, 1.82) is 0 Å². The van der Waals surface area contributed by atoms with Crippen LogP contribution < -0.4 is 11.1 Å². The van der Waals surface area contributed by atoms with E-state index < -0.39 is 0 Å². The number of unbranched alkanes of at least 4 members (excludes halogenated alkanes) is 1. The summed E-state index contributed by atoms with van der Waals surface area (Å²) in [5, 5.41) is 3.07. The van der Waals surface area contributed by atoms with Crippen molar-refractivity contribution >= 4 is 41.7 Å². The molecule has 0 aromatic heterocycles. The minimum atomic E-state index is 0. The molecule has 0 fully saturated rings. The van der Waals surface area contributed by atoms with Gasteiger partial charge in [0.2, 0.25) is 0 Å². The fourth-order valence-electron chi connectivity index (χ4n) is 1.15. The van der Waals surface area contributed by atoms with Crippen molar-refractivity contribution in [2.24, 2.45) is 10.7 Å². The number of ether oxygens (including phenoxy) is 1. The molecule has 0 aliphatic rings. The first-order valence-corrected chi connectivity index (χ1v) is 6.64. The third-order valence-electron chi connectivity index (χ3n) is 1.85. The summed E-state index contributed by atoms with van der Waals surface area (Å²) in [5.74, 6) is 1.71. The summed E-state index contributed by atoms with van der Waals surface area (Å²) >= 11 is 1.87. The zero-order chi connectivity index (χ0) is 11.5. The Morgan fingerprint density at radius 3 is 2.75 bits per heavy atom. The average molecular weight is 361 g/mol. The van der Waals surface area contributed by atoms with Crippen LogP contribution in [0.15, 0.2) is 4.99 Å². The Bertz CT molecular complexity index is 181. The molecule has 0 spiro atoms. The quantitative estimate of drug-likeness (QED) is 0.299. The maximum absolute atomic E-state index is 5.70. The van der Waals surface area contributed by atoms with Gasteiger partial charge in [-0.15, -0.1) is 24.0 Å². The van der Waals surface area contributed by atoms with Gasteiger partial charge in [-0.2, -0.15) is 11.8 Å². The molecule has 0 saturated heterocycles. The van der Waals surface area contributed by atoms with Crippen molar-refractivity contribution in [3.05, 3.63) is 0 Å². The number of hydrogen-bond acceptors (Lipinski definition) is 3. The number of nitrogens with two attached hydrogens (primary N) is 1. The Morgan fingerprint density at radius 2 is 2.19 bits per heavy atom. The highest BCUT2D eigenvalue weighted by atomic mass is 127. The van der Waals surface area contributed by atoms with E-state index in [1.165, 1.54) is 12.2 Å². The molecule has 0 aliphatic heterocycles. The molecule has 98 valence electrons. The second-order valence-electron chi connectivity index (χ2n) is 3.47. The Labute approximate surface area is 120 Å². The van der Waals surface area contributed by atoms with Gasteiger partial charge in [0.05, 0.1) is 6.61 Å². The summed E-state index contributed by atoms with van der Waals surface area (Å²) in [6.07, 6.45) is 4.42. The summed E-state index contributed by atoms with van der Waals surface area (Å²) in [4.78, 5) is 4.24. The van der Waals surface area contributed by atoms with E-state index in [4.69, 9.17) is 10.5 Å². The molecule has 6 heteroatoms. The van der Waals surface area contributed by atoms with Crippen molar-refractivity contribution in [2.45, 2.75) is 25.8 Å². The third-order valence-corrected chi connectivity index (χ3v) is 2.55. The molecule has 0 heterocycles. The largest absolute Gasteiger partial charge is 0.383 e. The van der Waals surface area contributed by atoms with E-state index in [1.807, 2.05) is 18.7 Å². The van der Waals surface area contributed by atoms with Gasteiger partial charge in [0.25, 0.3) is 0 Å². The number of nitrogens with zero attached hydrogens (tertiary/aromatic N) is 1. The zero-order valence-corrected chi connectivity index (χ0v) is 13.5. The van der Waals surface area contributed by atoms with Gasteiger partial charge < -0.3 is 15.8 Å². The molecular formula is C10H24IN3OS. The van der Waals surface area contributed by atoms with Gasteiger partial charge in [-0.05, 0) is 31.8 Å². The highest BCUT2D eigenvalue weighted by Gasteiger charge is 2.00. The molecule has 1 atom stereocenters. The molecule has 0 rings (SSSR count). The first-order valence-electron chi connectivity index (χ1n) is 5.25. The maximum Gasteiger partial charge on any atom is 0.188 e. The van der Waals surface area contributed by atoms with Gasteiger partial charge in [-0.1, -0.05) is 0 Å². The molecular weight excluding hydrogens is 337 g/mol. The van der Waals surface area contributed by atoms with E-state index in [-0.39, 0.29) is 30.0 Å². The van der Waals surface area contributed by atoms with Crippen LogP contribution in [0, 0.1) is 0 Å². The molecule has 0 aromatic rings. The number of thioether (sulfide) groups is 1. The number of halogens is 1. The second-order valence-corrected chi connectivity index (χ2v) is 4.45. The van der Waals surface area contributed by atoms with Crippen molar-refractivity contribution in [1.82, 2.24) is 5.32 Å². The Balaban J connectivity index is 0. The summed E-state index contributed by atoms with van der Waals surface area (Å²) in [7, 11) is 1.67. The fraction of sp³-hybridized carbons (Fsp3) is 0.900. The van der Waals surface area contributed by atoms with E-state index in [9.17, 15) is 0 Å². The van der Waals surface area contributed by atoms with Crippen molar-refractivity contribution < 1.29 is 4.74 Å². The van der Waals surface area contributed by atoms with E-state index in [0.29, 0.717) is 12.6 Å². The summed E-state index contributed by atoms with van der Waals surface area (Å²) in [6, 6.07) is 0.213. The smallest absolute Gasteiger partial charge is 0.188 e. The molecule has 0 bridgehead atoms. The van der Waals surface area contributed by atoms with Gasteiger partial charge in [0.1, 0.15) is 0 Å². The number of guanidine groups is 1. The van der Waals surface area contributed by atoms with E-state index >= 15 is 0 Å². The molecule has 16 heavy (non-hydrogen) atoms. The van der Waals surface area contributed by atoms with Gasteiger partial charge in [-0.25, -0.2) is 0 Å². The predicted octanol–water partition coefficient (Wildman–Crippen LogP) is 1.69.